The third kappa shape index (κ3) is 1.79. The van der Waals surface area contributed by atoms with E-state index in [4.69, 9.17) is 9.63 Å². The third-order valence-corrected chi connectivity index (χ3v) is 2.76. The fraction of sp³-hybridized carbons (Fsp3) is 0.400. The molecule has 1 N–H and O–H groups in total. The van der Waals surface area contributed by atoms with Crippen molar-refractivity contribution in [2.24, 2.45) is 0 Å². The summed E-state index contributed by atoms with van der Waals surface area (Å²) in [4.78, 5) is 11.0. The normalized spacial score (nSPS) is 15.1. The Kier molecular flexibility index (Phi) is 2.17. The van der Waals surface area contributed by atoms with Gasteiger partial charge >= 0.3 is 5.97 Å². The van der Waals surface area contributed by atoms with E-state index in [1.165, 1.54) is 6.26 Å². The minimum absolute atomic E-state index is 0.0592. The van der Waals surface area contributed by atoms with E-state index in [-0.39, 0.29) is 11.6 Å². The van der Waals surface area contributed by atoms with Crippen LogP contribution in [0.2, 0.25) is 0 Å². The second-order valence-corrected chi connectivity index (χ2v) is 4.09. The van der Waals surface area contributed by atoms with Crippen molar-refractivity contribution in [2.45, 2.75) is 25.3 Å². The van der Waals surface area contributed by atoms with Gasteiger partial charge in [0.1, 0.15) is 6.26 Å². The lowest BCUT2D eigenvalue weighted by molar-refractivity contribution is 0.0689. The lowest BCUT2D eigenvalue weighted by Crippen LogP contribution is -2.08. The molecule has 0 radical (unpaired) electrons. The third-order valence-electron chi connectivity index (χ3n) is 2.76. The highest BCUT2D eigenvalue weighted by Crippen LogP contribution is 2.41. The van der Waals surface area contributed by atoms with Crippen LogP contribution in [0.3, 0.4) is 0 Å². The second-order valence-electron chi connectivity index (χ2n) is 4.09. The molecule has 88 valence electrons. The molecule has 2 aromatic heterocycles. The van der Waals surface area contributed by atoms with Gasteiger partial charge in [-0.15, -0.1) is 5.10 Å². The molecule has 7 nitrogen and oxygen atoms in total. The number of carboxylic acid groups (broad SMARTS) is 1. The van der Waals surface area contributed by atoms with Crippen molar-refractivity contribution in [3.05, 3.63) is 29.4 Å². The maximum atomic E-state index is 11.0. The molecule has 1 aliphatic carbocycles. The lowest BCUT2D eigenvalue weighted by Gasteiger charge is -2.03. The molecule has 7 heteroatoms. The van der Waals surface area contributed by atoms with Crippen molar-refractivity contribution in [3.63, 3.8) is 0 Å². The van der Waals surface area contributed by atoms with Crippen molar-refractivity contribution in [3.8, 4) is 0 Å². The first-order chi connectivity index (χ1) is 8.25. The summed E-state index contributed by atoms with van der Waals surface area (Å²) in [5, 5.41) is 20.2. The number of carboxylic acids is 1. The average molecular weight is 234 g/mol. The van der Waals surface area contributed by atoms with Crippen LogP contribution < -0.4 is 0 Å². The molecule has 0 aliphatic heterocycles. The van der Waals surface area contributed by atoms with Crippen LogP contribution in [-0.2, 0) is 6.54 Å². The van der Waals surface area contributed by atoms with Gasteiger partial charge in [-0.3, -0.25) is 0 Å². The minimum atomic E-state index is -1.02. The maximum absolute atomic E-state index is 11.0. The Balaban J connectivity index is 1.96. The Morgan fingerprint density at radius 2 is 2.41 bits per heavy atom. The maximum Gasteiger partial charge on any atom is 0.358 e. The number of aromatic nitrogens is 4. The quantitative estimate of drug-likeness (QED) is 0.844. The van der Waals surface area contributed by atoms with Crippen molar-refractivity contribution in [2.75, 3.05) is 0 Å². The van der Waals surface area contributed by atoms with E-state index < -0.39 is 5.97 Å². The summed E-state index contributed by atoms with van der Waals surface area (Å²) in [5.41, 5.74) is 1.61. The second kappa shape index (κ2) is 3.69. The first-order valence-corrected chi connectivity index (χ1v) is 5.30. The lowest BCUT2D eigenvalue weighted by atomic mass is 10.2. The number of rotatable bonds is 4. The van der Waals surface area contributed by atoms with Crippen LogP contribution in [0.1, 0.15) is 40.5 Å². The van der Waals surface area contributed by atoms with Crippen LogP contribution in [0.25, 0.3) is 0 Å². The molecule has 2 heterocycles. The number of carbonyl (C=O) groups is 1. The molecule has 0 spiro atoms. The van der Waals surface area contributed by atoms with Crippen LogP contribution in [0.4, 0.5) is 0 Å². The molecular weight excluding hydrogens is 224 g/mol. The monoisotopic (exact) mass is 234 g/mol. The van der Waals surface area contributed by atoms with E-state index in [0.29, 0.717) is 12.2 Å². The van der Waals surface area contributed by atoms with E-state index in [0.717, 1.165) is 18.4 Å². The molecule has 0 saturated heterocycles. The average Bonchev–Trinajstić information content (AvgIpc) is 2.85. The van der Waals surface area contributed by atoms with E-state index in [1.807, 2.05) is 0 Å². The molecule has 0 bridgehead atoms. The number of hydrogen-bond donors (Lipinski definition) is 1. The molecule has 1 fully saturated rings. The van der Waals surface area contributed by atoms with E-state index in [2.05, 4.69) is 15.5 Å². The van der Waals surface area contributed by atoms with Crippen LogP contribution in [0.5, 0.6) is 0 Å². The molecule has 1 saturated carbocycles. The summed E-state index contributed by atoms with van der Waals surface area (Å²) in [5.74, 6) is -0.751. The van der Waals surface area contributed by atoms with Crippen molar-refractivity contribution in [1.29, 1.82) is 0 Å². The SMILES string of the molecule is O=C(O)c1nnn(Cc2cnoc2)c1C1CC1. The van der Waals surface area contributed by atoms with Crippen LogP contribution in [0.15, 0.2) is 17.0 Å². The summed E-state index contributed by atoms with van der Waals surface area (Å²) in [7, 11) is 0. The Bertz CT molecular complexity index is 542. The minimum Gasteiger partial charge on any atom is -0.476 e. The first-order valence-electron chi connectivity index (χ1n) is 5.30. The van der Waals surface area contributed by atoms with Crippen molar-refractivity contribution < 1.29 is 14.4 Å². The Hall–Kier alpha value is -2.18. The van der Waals surface area contributed by atoms with Gasteiger partial charge in [0.2, 0.25) is 0 Å². The van der Waals surface area contributed by atoms with Gasteiger partial charge in [-0.1, -0.05) is 10.4 Å². The number of aromatic carboxylic acids is 1. The van der Waals surface area contributed by atoms with Crippen molar-refractivity contribution in [1.82, 2.24) is 20.2 Å². The van der Waals surface area contributed by atoms with E-state index >= 15 is 0 Å². The molecule has 1 aliphatic rings. The van der Waals surface area contributed by atoms with Gasteiger partial charge in [0.25, 0.3) is 0 Å². The molecule has 0 unspecified atom stereocenters. The van der Waals surface area contributed by atoms with Crippen LogP contribution >= 0.6 is 0 Å². The van der Waals surface area contributed by atoms with Crippen molar-refractivity contribution >= 4 is 5.97 Å². The van der Waals surface area contributed by atoms with Gasteiger partial charge in [0, 0.05) is 11.5 Å². The van der Waals surface area contributed by atoms with Gasteiger partial charge in [-0.05, 0) is 12.8 Å². The fourth-order valence-electron chi connectivity index (χ4n) is 1.83. The highest BCUT2D eigenvalue weighted by Gasteiger charge is 2.33. The zero-order valence-corrected chi connectivity index (χ0v) is 8.91. The molecule has 0 aromatic carbocycles. The Labute approximate surface area is 96.0 Å². The van der Waals surface area contributed by atoms with Gasteiger partial charge in [0.05, 0.1) is 18.4 Å². The van der Waals surface area contributed by atoms with Gasteiger partial charge in [0.15, 0.2) is 5.69 Å². The zero-order chi connectivity index (χ0) is 11.8. The first kappa shape index (κ1) is 10.0. The molecule has 17 heavy (non-hydrogen) atoms. The van der Waals surface area contributed by atoms with E-state index in [1.54, 1.807) is 10.9 Å². The summed E-state index contributed by atoms with van der Waals surface area (Å²) in [6.45, 7) is 0.440. The molecule has 3 rings (SSSR count). The Morgan fingerprint density at radius 3 is 3.00 bits per heavy atom. The van der Waals surface area contributed by atoms with Gasteiger partial charge < -0.3 is 9.63 Å². The van der Waals surface area contributed by atoms with Crippen LogP contribution in [-0.4, -0.2) is 31.2 Å². The highest BCUT2D eigenvalue weighted by atomic mass is 16.5. The summed E-state index contributed by atoms with van der Waals surface area (Å²) < 4.78 is 6.35. The van der Waals surface area contributed by atoms with Crippen LogP contribution in [0, 0.1) is 0 Å². The molecule has 2 aromatic rings. The van der Waals surface area contributed by atoms with Gasteiger partial charge in [-0.2, -0.15) is 0 Å². The molecule has 0 atom stereocenters. The topological polar surface area (TPSA) is 94.0 Å². The largest absolute Gasteiger partial charge is 0.476 e. The number of hydrogen-bond acceptors (Lipinski definition) is 5. The van der Waals surface area contributed by atoms with Gasteiger partial charge in [-0.25, -0.2) is 9.48 Å². The smallest absolute Gasteiger partial charge is 0.358 e. The van der Waals surface area contributed by atoms with E-state index in [9.17, 15) is 4.79 Å². The molecule has 0 amide bonds. The number of nitrogens with zero attached hydrogens (tertiary/aromatic N) is 4. The molecular formula is C10H10N4O3. The standard InChI is InChI=1S/C10H10N4O3/c15-10(16)8-9(7-1-2-7)14(13-12-8)4-6-3-11-17-5-6/h3,5,7H,1-2,4H2,(H,15,16). The zero-order valence-electron chi connectivity index (χ0n) is 8.91. The summed E-state index contributed by atoms with van der Waals surface area (Å²) in [6.07, 6.45) is 5.09. The summed E-state index contributed by atoms with van der Waals surface area (Å²) >= 11 is 0. The highest BCUT2D eigenvalue weighted by molar-refractivity contribution is 5.86. The predicted octanol–water partition coefficient (Wildman–Crippen LogP) is 0.890. The fourth-order valence-corrected chi connectivity index (χ4v) is 1.83. The summed E-state index contributed by atoms with van der Waals surface area (Å²) in [6, 6.07) is 0. The predicted molar refractivity (Wildman–Crippen MR) is 54.6 cm³/mol. The Morgan fingerprint density at radius 1 is 1.59 bits per heavy atom.